The number of rotatable bonds is 3. The second-order valence-corrected chi connectivity index (χ2v) is 4.99. The molecule has 0 unspecified atom stereocenters. The largest absolute Gasteiger partial charge is 0.508 e. The van der Waals surface area contributed by atoms with E-state index in [1.807, 2.05) is 31.2 Å². The second-order valence-electron chi connectivity index (χ2n) is 4.99. The average Bonchev–Trinajstić information content (AvgIpc) is 2.84. The SMILES string of the molecule is CCn1c(O)c(N=NC(=O)c2ccc(O)cc2)c2ccccc21. The van der Waals surface area contributed by atoms with E-state index in [-0.39, 0.29) is 17.3 Å². The average molecular weight is 309 g/mol. The third-order valence-corrected chi connectivity index (χ3v) is 3.59. The molecule has 3 rings (SSSR count). The number of fused-ring (bicyclic) bond motifs is 1. The van der Waals surface area contributed by atoms with Crippen molar-refractivity contribution < 1.29 is 15.0 Å². The van der Waals surface area contributed by atoms with Crippen molar-refractivity contribution in [2.45, 2.75) is 13.5 Å². The number of hydrogen-bond acceptors (Lipinski definition) is 4. The van der Waals surface area contributed by atoms with E-state index in [0.29, 0.717) is 12.1 Å². The summed E-state index contributed by atoms with van der Waals surface area (Å²) in [5.41, 5.74) is 1.42. The van der Waals surface area contributed by atoms with Crippen LogP contribution in [0.2, 0.25) is 0 Å². The Morgan fingerprint density at radius 3 is 2.48 bits per heavy atom. The molecule has 2 aromatic carbocycles. The molecular weight excluding hydrogens is 294 g/mol. The molecule has 2 N–H and O–H groups in total. The molecule has 23 heavy (non-hydrogen) atoms. The normalized spacial score (nSPS) is 11.3. The molecule has 1 aromatic heterocycles. The third-order valence-electron chi connectivity index (χ3n) is 3.59. The summed E-state index contributed by atoms with van der Waals surface area (Å²) >= 11 is 0. The molecule has 0 aliphatic heterocycles. The minimum atomic E-state index is -0.544. The zero-order valence-corrected chi connectivity index (χ0v) is 12.5. The Hall–Kier alpha value is -3.15. The van der Waals surface area contributed by atoms with Crippen molar-refractivity contribution in [2.75, 3.05) is 0 Å². The first-order valence-electron chi connectivity index (χ1n) is 7.17. The number of hydrogen-bond donors (Lipinski definition) is 2. The Morgan fingerprint density at radius 2 is 1.78 bits per heavy atom. The summed E-state index contributed by atoms with van der Waals surface area (Å²) in [4.78, 5) is 12.0. The first-order valence-corrected chi connectivity index (χ1v) is 7.17. The van der Waals surface area contributed by atoms with Crippen LogP contribution in [0.15, 0.2) is 58.8 Å². The van der Waals surface area contributed by atoms with Gasteiger partial charge in [-0.3, -0.25) is 4.79 Å². The number of phenols is 1. The van der Waals surface area contributed by atoms with E-state index < -0.39 is 5.91 Å². The van der Waals surface area contributed by atoms with Gasteiger partial charge in [0.25, 0.3) is 5.91 Å². The van der Waals surface area contributed by atoms with E-state index in [2.05, 4.69) is 10.2 Å². The van der Waals surface area contributed by atoms with Crippen molar-refractivity contribution >= 4 is 22.5 Å². The molecule has 116 valence electrons. The van der Waals surface area contributed by atoms with Crippen molar-refractivity contribution in [2.24, 2.45) is 10.2 Å². The van der Waals surface area contributed by atoms with Gasteiger partial charge in [-0.25, -0.2) is 0 Å². The van der Waals surface area contributed by atoms with Crippen LogP contribution in [-0.4, -0.2) is 20.7 Å². The minimum Gasteiger partial charge on any atom is -0.508 e. The molecule has 0 aliphatic rings. The Bertz CT molecular complexity index is 895. The Kier molecular flexibility index (Phi) is 3.80. The summed E-state index contributed by atoms with van der Waals surface area (Å²) in [6, 6.07) is 13.1. The predicted molar refractivity (Wildman–Crippen MR) is 86.2 cm³/mol. The number of phenolic OH excluding ortho intramolecular Hbond substituents is 1. The quantitative estimate of drug-likeness (QED) is 0.717. The third kappa shape index (κ3) is 2.66. The lowest BCUT2D eigenvalue weighted by Gasteiger charge is -2.00. The summed E-state index contributed by atoms with van der Waals surface area (Å²) < 4.78 is 1.70. The van der Waals surface area contributed by atoms with Gasteiger partial charge in [0.15, 0.2) is 5.69 Å². The minimum absolute atomic E-state index is 0.0176. The lowest BCUT2D eigenvalue weighted by atomic mass is 10.2. The number of carbonyl (C=O) groups excluding carboxylic acids is 1. The first-order chi connectivity index (χ1) is 11.1. The highest BCUT2D eigenvalue weighted by molar-refractivity contribution is 5.97. The number of amides is 1. The molecule has 0 atom stereocenters. The van der Waals surface area contributed by atoms with E-state index in [0.717, 1.165) is 10.9 Å². The molecule has 0 bridgehead atoms. The van der Waals surface area contributed by atoms with Crippen molar-refractivity contribution in [3.63, 3.8) is 0 Å². The van der Waals surface area contributed by atoms with Crippen LogP contribution in [0.4, 0.5) is 5.69 Å². The van der Waals surface area contributed by atoms with Crippen molar-refractivity contribution in [1.29, 1.82) is 0 Å². The van der Waals surface area contributed by atoms with Gasteiger partial charge in [-0.1, -0.05) is 18.2 Å². The lowest BCUT2D eigenvalue weighted by Crippen LogP contribution is -1.92. The van der Waals surface area contributed by atoms with Gasteiger partial charge in [0.1, 0.15) is 5.75 Å². The van der Waals surface area contributed by atoms with E-state index in [9.17, 15) is 15.0 Å². The maximum atomic E-state index is 12.0. The van der Waals surface area contributed by atoms with Gasteiger partial charge < -0.3 is 14.8 Å². The van der Waals surface area contributed by atoms with E-state index in [4.69, 9.17) is 0 Å². The van der Waals surface area contributed by atoms with Gasteiger partial charge in [0, 0.05) is 17.5 Å². The van der Waals surface area contributed by atoms with E-state index in [1.54, 1.807) is 4.57 Å². The number of nitrogens with zero attached hydrogens (tertiary/aromatic N) is 3. The fourth-order valence-corrected chi connectivity index (χ4v) is 2.45. The Morgan fingerprint density at radius 1 is 1.09 bits per heavy atom. The van der Waals surface area contributed by atoms with Crippen LogP contribution in [0.25, 0.3) is 10.9 Å². The van der Waals surface area contributed by atoms with E-state index in [1.165, 1.54) is 24.3 Å². The topological polar surface area (TPSA) is 87.2 Å². The summed E-state index contributed by atoms with van der Waals surface area (Å²) in [5, 5.41) is 27.9. The number of azo groups is 1. The number of benzene rings is 2. The van der Waals surface area contributed by atoms with Crippen LogP contribution >= 0.6 is 0 Å². The molecule has 0 saturated carbocycles. The van der Waals surface area contributed by atoms with Crippen LogP contribution in [0.3, 0.4) is 0 Å². The molecule has 0 saturated heterocycles. The van der Waals surface area contributed by atoms with Crippen LogP contribution in [-0.2, 0) is 6.54 Å². The maximum absolute atomic E-state index is 12.0. The van der Waals surface area contributed by atoms with Gasteiger partial charge in [-0.2, -0.15) is 0 Å². The highest BCUT2D eigenvalue weighted by atomic mass is 16.3. The van der Waals surface area contributed by atoms with Gasteiger partial charge in [-0.15, -0.1) is 10.2 Å². The zero-order chi connectivity index (χ0) is 16.4. The molecule has 1 heterocycles. The van der Waals surface area contributed by atoms with Crippen LogP contribution < -0.4 is 0 Å². The predicted octanol–water partition coefficient (Wildman–Crippen LogP) is 4.00. The van der Waals surface area contributed by atoms with Crippen LogP contribution in [0.1, 0.15) is 17.3 Å². The second kappa shape index (κ2) is 5.92. The van der Waals surface area contributed by atoms with Gasteiger partial charge >= 0.3 is 0 Å². The van der Waals surface area contributed by atoms with Gasteiger partial charge in [-0.05, 0) is 37.3 Å². The molecular formula is C17H15N3O3. The standard InChI is InChI=1S/C17H15N3O3/c1-2-20-14-6-4-3-5-13(14)15(17(20)23)18-19-16(22)11-7-9-12(21)10-8-11/h3-10,21,23H,2H2,1H3. The molecule has 0 spiro atoms. The Labute approximate surface area is 132 Å². The van der Waals surface area contributed by atoms with Crippen LogP contribution in [0, 0.1) is 0 Å². The molecule has 6 heteroatoms. The van der Waals surface area contributed by atoms with Gasteiger partial charge in [0.05, 0.1) is 5.52 Å². The monoisotopic (exact) mass is 309 g/mol. The molecule has 0 fully saturated rings. The van der Waals surface area contributed by atoms with Crippen molar-refractivity contribution in [3.05, 3.63) is 54.1 Å². The van der Waals surface area contributed by atoms with Crippen LogP contribution in [0.5, 0.6) is 11.6 Å². The summed E-state index contributed by atoms with van der Waals surface area (Å²) in [5.74, 6) is -0.490. The lowest BCUT2D eigenvalue weighted by molar-refractivity contribution is 0.0995. The summed E-state index contributed by atoms with van der Waals surface area (Å²) in [6.07, 6.45) is 0. The number of aromatic nitrogens is 1. The molecule has 0 aliphatic carbocycles. The molecule has 6 nitrogen and oxygen atoms in total. The number of aromatic hydroxyl groups is 2. The zero-order valence-electron chi connectivity index (χ0n) is 12.5. The van der Waals surface area contributed by atoms with Crippen molar-refractivity contribution in [1.82, 2.24) is 4.57 Å². The number of aryl methyl sites for hydroxylation is 1. The smallest absolute Gasteiger partial charge is 0.295 e. The highest BCUT2D eigenvalue weighted by Crippen LogP contribution is 2.38. The maximum Gasteiger partial charge on any atom is 0.295 e. The summed E-state index contributed by atoms with van der Waals surface area (Å²) in [6.45, 7) is 2.49. The Balaban J connectivity index is 1.99. The van der Waals surface area contributed by atoms with Crippen molar-refractivity contribution in [3.8, 4) is 11.6 Å². The molecule has 0 radical (unpaired) electrons. The molecule has 3 aromatic rings. The highest BCUT2D eigenvalue weighted by Gasteiger charge is 2.15. The number of para-hydroxylation sites is 1. The fraction of sp³-hybridized carbons (Fsp3) is 0.118. The summed E-state index contributed by atoms with van der Waals surface area (Å²) in [7, 11) is 0. The molecule has 1 amide bonds. The van der Waals surface area contributed by atoms with Gasteiger partial charge in [0.2, 0.25) is 5.88 Å². The van der Waals surface area contributed by atoms with E-state index >= 15 is 0 Å². The number of carbonyl (C=O) groups is 1. The first kappa shape index (κ1) is 14.8. The fourth-order valence-electron chi connectivity index (χ4n) is 2.45.